The molecule has 2 aromatic carbocycles. The maximum atomic E-state index is 11.3. The Balaban J connectivity index is 2.11. The van der Waals surface area contributed by atoms with Crippen molar-refractivity contribution in [1.82, 2.24) is 0 Å². The van der Waals surface area contributed by atoms with E-state index in [1.54, 1.807) is 24.3 Å². The summed E-state index contributed by atoms with van der Waals surface area (Å²) in [6.07, 6.45) is 0. The summed E-state index contributed by atoms with van der Waals surface area (Å²) < 4.78 is 0. The fourth-order valence-electron chi connectivity index (χ4n) is 2.03. The van der Waals surface area contributed by atoms with Gasteiger partial charge in [0.2, 0.25) is 5.91 Å². The number of hydrogen-bond acceptors (Lipinski definition) is 4. The molecular formula is C15H15N3O3. The molecule has 2 rings (SSSR count). The predicted molar refractivity (Wildman–Crippen MR) is 80.1 cm³/mol. The SMILES string of the molecule is Cc1c(NCc2ccc([N+](=O)[O-])cc2)cccc1C(N)=O. The highest BCUT2D eigenvalue weighted by Crippen LogP contribution is 2.20. The summed E-state index contributed by atoms with van der Waals surface area (Å²) in [7, 11) is 0. The molecule has 21 heavy (non-hydrogen) atoms. The minimum atomic E-state index is -0.466. The van der Waals surface area contributed by atoms with E-state index in [-0.39, 0.29) is 5.69 Å². The molecule has 0 aromatic heterocycles. The van der Waals surface area contributed by atoms with Crippen molar-refractivity contribution in [2.75, 3.05) is 5.32 Å². The van der Waals surface area contributed by atoms with Crippen LogP contribution >= 0.6 is 0 Å². The van der Waals surface area contributed by atoms with Crippen LogP contribution in [0.3, 0.4) is 0 Å². The van der Waals surface area contributed by atoms with E-state index in [9.17, 15) is 14.9 Å². The largest absolute Gasteiger partial charge is 0.381 e. The van der Waals surface area contributed by atoms with Gasteiger partial charge in [-0.15, -0.1) is 0 Å². The number of amides is 1. The van der Waals surface area contributed by atoms with Crippen molar-refractivity contribution in [1.29, 1.82) is 0 Å². The molecule has 0 radical (unpaired) electrons. The van der Waals surface area contributed by atoms with Crippen molar-refractivity contribution < 1.29 is 9.72 Å². The molecule has 0 atom stereocenters. The Hall–Kier alpha value is -2.89. The van der Waals surface area contributed by atoms with Crippen LogP contribution in [0.2, 0.25) is 0 Å². The van der Waals surface area contributed by atoms with Crippen molar-refractivity contribution in [3.05, 3.63) is 69.3 Å². The molecule has 1 amide bonds. The van der Waals surface area contributed by atoms with Gasteiger partial charge >= 0.3 is 0 Å². The number of rotatable bonds is 5. The fraction of sp³-hybridized carbons (Fsp3) is 0.133. The summed E-state index contributed by atoms with van der Waals surface area (Å²) in [6, 6.07) is 11.6. The number of hydrogen-bond donors (Lipinski definition) is 2. The van der Waals surface area contributed by atoms with E-state index in [2.05, 4.69) is 5.32 Å². The van der Waals surface area contributed by atoms with E-state index in [0.717, 1.165) is 16.8 Å². The molecule has 0 aliphatic carbocycles. The second-order valence-electron chi connectivity index (χ2n) is 4.62. The summed E-state index contributed by atoms with van der Waals surface area (Å²) >= 11 is 0. The Bertz CT molecular complexity index is 681. The Morgan fingerprint density at radius 3 is 2.48 bits per heavy atom. The molecule has 6 heteroatoms. The second-order valence-corrected chi connectivity index (χ2v) is 4.62. The van der Waals surface area contributed by atoms with Crippen LogP contribution < -0.4 is 11.1 Å². The zero-order valence-electron chi connectivity index (χ0n) is 11.5. The number of primary amides is 1. The number of nitro groups is 1. The van der Waals surface area contributed by atoms with Gasteiger partial charge < -0.3 is 11.1 Å². The first kappa shape index (κ1) is 14.5. The van der Waals surface area contributed by atoms with Crippen LogP contribution in [-0.4, -0.2) is 10.8 Å². The van der Waals surface area contributed by atoms with Crippen molar-refractivity contribution in [3.8, 4) is 0 Å². The molecule has 0 saturated heterocycles. The zero-order chi connectivity index (χ0) is 15.4. The van der Waals surface area contributed by atoms with Gasteiger partial charge in [-0.2, -0.15) is 0 Å². The van der Waals surface area contributed by atoms with Crippen LogP contribution in [0.1, 0.15) is 21.5 Å². The van der Waals surface area contributed by atoms with Gasteiger partial charge in [0.1, 0.15) is 0 Å². The van der Waals surface area contributed by atoms with Crippen LogP contribution in [0, 0.1) is 17.0 Å². The Morgan fingerprint density at radius 2 is 1.90 bits per heavy atom. The molecule has 6 nitrogen and oxygen atoms in total. The first-order chi connectivity index (χ1) is 9.99. The van der Waals surface area contributed by atoms with Crippen molar-refractivity contribution >= 4 is 17.3 Å². The molecule has 108 valence electrons. The molecule has 0 heterocycles. The molecule has 0 saturated carbocycles. The van der Waals surface area contributed by atoms with Crippen LogP contribution in [0.25, 0.3) is 0 Å². The summed E-state index contributed by atoms with van der Waals surface area (Å²) in [6.45, 7) is 2.32. The van der Waals surface area contributed by atoms with Crippen molar-refractivity contribution in [2.24, 2.45) is 5.73 Å². The molecule has 3 N–H and O–H groups in total. The third-order valence-electron chi connectivity index (χ3n) is 3.23. The topological polar surface area (TPSA) is 98.3 Å². The highest BCUT2D eigenvalue weighted by Gasteiger charge is 2.08. The molecular weight excluding hydrogens is 270 g/mol. The van der Waals surface area contributed by atoms with E-state index >= 15 is 0 Å². The quantitative estimate of drug-likeness (QED) is 0.651. The normalized spacial score (nSPS) is 10.1. The number of carbonyl (C=O) groups excluding carboxylic acids is 1. The van der Waals surface area contributed by atoms with Crippen molar-refractivity contribution in [3.63, 3.8) is 0 Å². The summed E-state index contributed by atoms with van der Waals surface area (Å²) in [4.78, 5) is 21.4. The van der Waals surface area contributed by atoms with Gasteiger partial charge in [-0.1, -0.05) is 18.2 Å². The monoisotopic (exact) mass is 285 g/mol. The first-order valence-electron chi connectivity index (χ1n) is 6.35. The number of non-ortho nitro benzene ring substituents is 1. The molecule has 0 spiro atoms. The smallest absolute Gasteiger partial charge is 0.269 e. The third kappa shape index (κ3) is 3.36. The predicted octanol–water partition coefficient (Wildman–Crippen LogP) is 2.61. The van der Waals surface area contributed by atoms with Crippen LogP contribution in [0.5, 0.6) is 0 Å². The highest BCUT2D eigenvalue weighted by molar-refractivity contribution is 5.95. The van der Waals surface area contributed by atoms with Crippen LogP contribution in [-0.2, 0) is 6.54 Å². The minimum absolute atomic E-state index is 0.0608. The minimum Gasteiger partial charge on any atom is -0.381 e. The molecule has 0 bridgehead atoms. The van der Waals surface area contributed by atoms with E-state index in [1.165, 1.54) is 12.1 Å². The maximum Gasteiger partial charge on any atom is 0.269 e. The lowest BCUT2D eigenvalue weighted by atomic mass is 10.1. The van der Waals surface area contributed by atoms with Gasteiger partial charge in [-0.25, -0.2) is 0 Å². The Kier molecular flexibility index (Phi) is 4.18. The van der Waals surface area contributed by atoms with Crippen LogP contribution in [0.4, 0.5) is 11.4 Å². The standard InChI is InChI=1S/C15H15N3O3/c1-10-13(15(16)19)3-2-4-14(10)17-9-11-5-7-12(8-6-11)18(20)21/h2-8,17H,9H2,1H3,(H2,16,19). The average molecular weight is 285 g/mol. The summed E-state index contributed by atoms with van der Waals surface area (Å²) in [5, 5.41) is 13.8. The second kappa shape index (κ2) is 6.04. The van der Waals surface area contributed by atoms with E-state index in [1.807, 2.05) is 13.0 Å². The van der Waals surface area contributed by atoms with Gasteiger partial charge in [-0.05, 0) is 30.2 Å². The van der Waals surface area contributed by atoms with Gasteiger partial charge in [-0.3, -0.25) is 14.9 Å². The average Bonchev–Trinajstić information content (AvgIpc) is 2.46. The van der Waals surface area contributed by atoms with E-state index in [4.69, 9.17) is 5.73 Å². The fourth-order valence-corrected chi connectivity index (χ4v) is 2.03. The maximum absolute atomic E-state index is 11.3. The number of nitrogens with two attached hydrogens (primary N) is 1. The summed E-state index contributed by atoms with van der Waals surface area (Å²) in [5.41, 5.74) is 8.34. The van der Waals surface area contributed by atoms with Crippen LogP contribution in [0.15, 0.2) is 42.5 Å². The van der Waals surface area contributed by atoms with E-state index < -0.39 is 10.8 Å². The molecule has 0 aliphatic rings. The Labute approximate surface area is 121 Å². The summed E-state index contributed by atoms with van der Waals surface area (Å²) in [5.74, 6) is -0.466. The lowest BCUT2D eigenvalue weighted by Crippen LogP contribution is -2.13. The highest BCUT2D eigenvalue weighted by atomic mass is 16.6. The van der Waals surface area contributed by atoms with E-state index in [0.29, 0.717) is 12.1 Å². The third-order valence-corrected chi connectivity index (χ3v) is 3.23. The van der Waals surface area contributed by atoms with Gasteiger partial charge in [0, 0.05) is 29.9 Å². The Morgan fingerprint density at radius 1 is 1.24 bits per heavy atom. The van der Waals surface area contributed by atoms with Gasteiger partial charge in [0.05, 0.1) is 4.92 Å². The molecule has 0 fully saturated rings. The zero-order valence-corrected chi connectivity index (χ0v) is 11.5. The number of nitrogens with one attached hydrogen (secondary N) is 1. The lowest BCUT2D eigenvalue weighted by Gasteiger charge is -2.11. The molecule has 0 unspecified atom stereocenters. The first-order valence-corrected chi connectivity index (χ1v) is 6.35. The number of nitrogens with zero attached hydrogens (tertiary/aromatic N) is 1. The number of anilines is 1. The number of benzene rings is 2. The van der Waals surface area contributed by atoms with Crippen molar-refractivity contribution in [2.45, 2.75) is 13.5 Å². The molecule has 2 aromatic rings. The molecule has 0 aliphatic heterocycles. The number of nitro benzene ring substituents is 1. The lowest BCUT2D eigenvalue weighted by molar-refractivity contribution is -0.384. The number of carbonyl (C=O) groups is 1. The van der Waals surface area contributed by atoms with Gasteiger partial charge in [0.15, 0.2) is 0 Å². The van der Waals surface area contributed by atoms with Gasteiger partial charge in [0.25, 0.3) is 5.69 Å².